The number of nitrogen functional groups attached to an aromatic ring is 1. The lowest BCUT2D eigenvalue weighted by molar-refractivity contribution is -0.143. The van der Waals surface area contributed by atoms with Crippen molar-refractivity contribution in [3.05, 3.63) is 29.8 Å². The Bertz CT molecular complexity index is 485. The van der Waals surface area contributed by atoms with Gasteiger partial charge in [0.25, 0.3) is 0 Å². The van der Waals surface area contributed by atoms with Gasteiger partial charge < -0.3 is 15.7 Å². The van der Waals surface area contributed by atoms with Gasteiger partial charge in [-0.05, 0) is 30.5 Å². The number of carboxylic acids is 1. The Labute approximate surface area is 125 Å². The molecule has 0 heterocycles. The van der Waals surface area contributed by atoms with Crippen LogP contribution in [0, 0.1) is 5.92 Å². The molecule has 0 aliphatic heterocycles. The summed E-state index contributed by atoms with van der Waals surface area (Å²) >= 11 is 0. The number of carbonyl (C=O) groups is 2. The van der Waals surface area contributed by atoms with Gasteiger partial charge in [0, 0.05) is 25.2 Å². The summed E-state index contributed by atoms with van der Waals surface area (Å²) in [4.78, 5) is 24.8. The molecule has 5 heteroatoms. The van der Waals surface area contributed by atoms with Gasteiger partial charge in [0.1, 0.15) is 0 Å². The van der Waals surface area contributed by atoms with Crippen molar-refractivity contribution >= 4 is 17.6 Å². The Morgan fingerprint density at radius 1 is 1.24 bits per heavy atom. The largest absolute Gasteiger partial charge is 0.481 e. The van der Waals surface area contributed by atoms with E-state index in [1.165, 1.54) is 0 Å². The van der Waals surface area contributed by atoms with Gasteiger partial charge in [-0.15, -0.1) is 0 Å². The van der Waals surface area contributed by atoms with E-state index in [1.807, 2.05) is 38.1 Å². The van der Waals surface area contributed by atoms with E-state index in [4.69, 9.17) is 10.8 Å². The van der Waals surface area contributed by atoms with Crippen molar-refractivity contribution in [2.75, 3.05) is 18.8 Å². The highest BCUT2D eigenvalue weighted by molar-refractivity contribution is 5.78. The third-order valence-electron chi connectivity index (χ3n) is 3.64. The number of nitrogens with zero attached hydrogens (tertiary/aromatic N) is 1. The standard InChI is InChI=1S/C16H24N2O3/c1-4-18(10-12(3)16(20)21)15(19)9-11(2)13-5-7-14(17)8-6-13/h5-8,11-12H,4,9-10,17H2,1-3H3,(H,20,21). The third-order valence-corrected chi connectivity index (χ3v) is 3.64. The molecular formula is C16H24N2O3. The number of aliphatic carboxylic acids is 1. The first-order chi connectivity index (χ1) is 9.85. The molecule has 2 unspecified atom stereocenters. The van der Waals surface area contributed by atoms with Gasteiger partial charge in [-0.1, -0.05) is 26.0 Å². The number of anilines is 1. The summed E-state index contributed by atoms with van der Waals surface area (Å²) in [6.07, 6.45) is 0.365. The van der Waals surface area contributed by atoms with E-state index in [1.54, 1.807) is 11.8 Å². The van der Waals surface area contributed by atoms with Crippen LogP contribution in [0.15, 0.2) is 24.3 Å². The molecule has 0 fully saturated rings. The number of carboxylic acid groups (broad SMARTS) is 1. The van der Waals surface area contributed by atoms with E-state index in [-0.39, 0.29) is 18.4 Å². The summed E-state index contributed by atoms with van der Waals surface area (Å²) in [6.45, 7) is 6.23. The van der Waals surface area contributed by atoms with Crippen LogP contribution >= 0.6 is 0 Å². The first-order valence-corrected chi connectivity index (χ1v) is 7.21. The highest BCUT2D eigenvalue weighted by Gasteiger charge is 2.21. The zero-order chi connectivity index (χ0) is 16.0. The van der Waals surface area contributed by atoms with Crippen molar-refractivity contribution in [1.29, 1.82) is 0 Å². The summed E-state index contributed by atoms with van der Waals surface area (Å²) in [5.74, 6) is -1.38. The number of hydrogen-bond acceptors (Lipinski definition) is 3. The Morgan fingerprint density at radius 2 is 1.81 bits per heavy atom. The highest BCUT2D eigenvalue weighted by Crippen LogP contribution is 2.21. The van der Waals surface area contributed by atoms with Crippen LogP contribution in [0.3, 0.4) is 0 Å². The van der Waals surface area contributed by atoms with Gasteiger partial charge in [-0.25, -0.2) is 0 Å². The van der Waals surface area contributed by atoms with Crippen LogP contribution in [0.1, 0.15) is 38.7 Å². The molecule has 5 nitrogen and oxygen atoms in total. The molecule has 116 valence electrons. The fourth-order valence-corrected chi connectivity index (χ4v) is 2.15. The number of carbonyl (C=O) groups excluding carboxylic acids is 1. The average molecular weight is 292 g/mol. The highest BCUT2D eigenvalue weighted by atomic mass is 16.4. The third kappa shape index (κ3) is 5.10. The molecule has 0 aliphatic carbocycles. The molecule has 0 aromatic heterocycles. The Balaban J connectivity index is 2.64. The van der Waals surface area contributed by atoms with Crippen LogP contribution < -0.4 is 5.73 Å². The number of rotatable bonds is 7. The lowest BCUT2D eigenvalue weighted by atomic mass is 9.96. The van der Waals surface area contributed by atoms with E-state index in [0.29, 0.717) is 18.7 Å². The molecular weight excluding hydrogens is 268 g/mol. The maximum Gasteiger partial charge on any atom is 0.308 e. The lowest BCUT2D eigenvalue weighted by Crippen LogP contribution is -2.37. The molecule has 0 saturated heterocycles. The molecule has 0 radical (unpaired) electrons. The van der Waals surface area contributed by atoms with Crippen molar-refractivity contribution in [2.45, 2.75) is 33.1 Å². The van der Waals surface area contributed by atoms with Crippen molar-refractivity contribution in [3.8, 4) is 0 Å². The van der Waals surface area contributed by atoms with Gasteiger partial charge in [-0.3, -0.25) is 9.59 Å². The molecule has 21 heavy (non-hydrogen) atoms. The molecule has 0 spiro atoms. The summed E-state index contributed by atoms with van der Waals surface area (Å²) in [5, 5.41) is 8.94. The number of nitrogens with two attached hydrogens (primary N) is 1. The molecule has 1 amide bonds. The quantitative estimate of drug-likeness (QED) is 0.755. The van der Waals surface area contributed by atoms with E-state index < -0.39 is 11.9 Å². The summed E-state index contributed by atoms with van der Waals surface area (Å²) < 4.78 is 0. The molecule has 0 aliphatic rings. The van der Waals surface area contributed by atoms with Gasteiger partial charge in [0.05, 0.1) is 5.92 Å². The number of benzene rings is 1. The summed E-state index contributed by atoms with van der Waals surface area (Å²) in [7, 11) is 0. The molecule has 1 rings (SSSR count). The predicted molar refractivity (Wildman–Crippen MR) is 82.9 cm³/mol. The first kappa shape index (κ1) is 17.0. The van der Waals surface area contributed by atoms with Crippen molar-refractivity contribution in [2.24, 2.45) is 5.92 Å². The summed E-state index contributed by atoms with van der Waals surface area (Å²) in [6, 6.07) is 7.48. The fourth-order valence-electron chi connectivity index (χ4n) is 2.15. The summed E-state index contributed by atoms with van der Waals surface area (Å²) in [5.41, 5.74) is 7.40. The van der Waals surface area contributed by atoms with Crippen LogP contribution in [0.2, 0.25) is 0 Å². The molecule has 0 saturated carbocycles. The Kier molecular flexibility index (Phi) is 6.21. The second-order valence-electron chi connectivity index (χ2n) is 5.44. The van der Waals surface area contributed by atoms with Crippen molar-refractivity contribution in [1.82, 2.24) is 4.90 Å². The van der Waals surface area contributed by atoms with Crippen LogP contribution in [-0.4, -0.2) is 35.0 Å². The molecule has 2 atom stereocenters. The average Bonchev–Trinajstić information content (AvgIpc) is 2.44. The minimum absolute atomic E-state index is 0.0186. The van der Waals surface area contributed by atoms with Gasteiger partial charge in [0.2, 0.25) is 5.91 Å². The molecule has 1 aromatic carbocycles. The molecule has 1 aromatic rings. The second kappa shape index (κ2) is 7.67. The number of amides is 1. The van der Waals surface area contributed by atoms with Crippen LogP contribution in [0.5, 0.6) is 0 Å². The lowest BCUT2D eigenvalue weighted by Gasteiger charge is -2.24. The second-order valence-corrected chi connectivity index (χ2v) is 5.44. The SMILES string of the molecule is CCN(CC(C)C(=O)O)C(=O)CC(C)c1ccc(N)cc1. The first-order valence-electron chi connectivity index (χ1n) is 7.21. The minimum Gasteiger partial charge on any atom is -0.481 e. The Hall–Kier alpha value is -2.04. The van der Waals surface area contributed by atoms with E-state index in [0.717, 1.165) is 5.56 Å². The van der Waals surface area contributed by atoms with E-state index in [2.05, 4.69) is 0 Å². The van der Waals surface area contributed by atoms with Gasteiger partial charge in [0.15, 0.2) is 0 Å². The van der Waals surface area contributed by atoms with E-state index >= 15 is 0 Å². The Morgan fingerprint density at radius 3 is 2.29 bits per heavy atom. The zero-order valence-corrected chi connectivity index (χ0v) is 12.9. The van der Waals surface area contributed by atoms with Crippen LogP contribution in [0.4, 0.5) is 5.69 Å². The minimum atomic E-state index is -0.882. The van der Waals surface area contributed by atoms with Gasteiger partial charge in [-0.2, -0.15) is 0 Å². The fraction of sp³-hybridized carbons (Fsp3) is 0.500. The van der Waals surface area contributed by atoms with Crippen LogP contribution in [-0.2, 0) is 9.59 Å². The maximum atomic E-state index is 12.3. The molecule has 0 bridgehead atoms. The maximum absolute atomic E-state index is 12.3. The monoisotopic (exact) mass is 292 g/mol. The van der Waals surface area contributed by atoms with E-state index in [9.17, 15) is 9.59 Å². The van der Waals surface area contributed by atoms with Gasteiger partial charge >= 0.3 is 5.97 Å². The topological polar surface area (TPSA) is 83.6 Å². The predicted octanol–water partition coefficient (Wildman–Crippen LogP) is 2.33. The van der Waals surface area contributed by atoms with Crippen molar-refractivity contribution in [3.63, 3.8) is 0 Å². The number of hydrogen-bond donors (Lipinski definition) is 2. The smallest absolute Gasteiger partial charge is 0.308 e. The van der Waals surface area contributed by atoms with Crippen molar-refractivity contribution < 1.29 is 14.7 Å². The zero-order valence-electron chi connectivity index (χ0n) is 12.9. The molecule has 3 N–H and O–H groups in total. The van der Waals surface area contributed by atoms with Crippen LogP contribution in [0.25, 0.3) is 0 Å². The normalized spacial score (nSPS) is 13.5.